The molecule has 2 saturated heterocycles. The first kappa shape index (κ1) is 24.6. The highest BCUT2D eigenvalue weighted by Crippen LogP contribution is 2.38. The van der Waals surface area contributed by atoms with Gasteiger partial charge >= 0.3 is 18.4 Å². The molecule has 0 saturated carbocycles. The number of halogens is 6. The van der Waals surface area contributed by atoms with Gasteiger partial charge in [-0.25, -0.2) is 17.9 Å². The molecule has 2 aliphatic rings. The second-order valence-electron chi connectivity index (χ2n) is 7.66. The predicted molar refractivity (Wildman–Crippen MR) is 97.0 cm³/mol. The fourth-order valence-corrected chi connectivity index (χ4v) is 4.99. The van der Waals surface area contributed by atoms with Crippen molar-refractivity contribution in [3.8, 4) is 0 Å². The Bertz CT molecular complexity index is 900. The van der Waals surface area contributed by atoms with E-state index in [0.29, 0.717) is 0 Å². The summed E-state index contributed by atoms with van der Waals surface area (Å²) in [6.07, 6.45) is -17.1. The number of ether oxygens (including phenoxy) is 2. The van der Waals surface area contributed by atoms with E-state index < -0.39 is 46.2 Å². The maximum atomic E-state index is 12.6. The van der Waals surface area contributed by atoms with Crippen LogP contribution < -0.4 is 4.72 Å². The summed E-state index contributed by atoms with van der Waals surface area (Å²) < 4.78 is 112. The lowest BCUT2D eigenvalue weighted by atomic mass is 9.88. The molecule has 14 heteroatoms. The van der Waals surface area contributed by atoms with E-state index in [1.165, 1.54) is 12.1 Å². The van der Waals surface area contributed by atoms with Crippen LogP contribution in [0, 0.1) is 0 Å². The normalized spacial score (nSPS) is 21.8. The van der Waals surface area contributed by atoms with E-state index in [0.717, 1.165) is 4.90 Å². The molecule has 0 aromatic heterocycles. The van der Waals surface area contributed by atoms with E-state index in [2.05, 4.69) is 9.46 Å². The number of nitrogens with zero attached hydrogens (tertiary/aromatic N) is 1. The molecule has 1 unspecified atom stereocenters. The summed E-state index contributed by atoms with van der Waals surface area (Å²) >= 11 is 0. The number of likely N-dealkylation sites (tertiary alicyclic amines) is 1. The zero-order chi connectivity index (χ0) is 23.8. The molecular formula is C18H20F6N2O5S. The van der Waals surface area contributed by atoms with Crippen LogP contribution >= 0.6 is 0 Å². The van der Waals surface area contributed by atoms with Crippen molar-refractivity contribution >= 4 is 16.1 Å². The van der Waals surface area contributed by atoms with E-state index >= 15 is 0 Å². The van der Waals surface area contributed by atoms with Crippen molar-refractivity contribution in [2.24, 2.45) is 0 Å². The van der Waals surface area contributed by atoms with Crippen molar-refractivity contribution in [1.29, 1.82) is 0 Å². The van der Waals surface area contributed by atoms with Crippen LogP contribution in [0.1, 0.15) is 19.3 Å². The molecule has 3 rings (SSSR count). The third kappa shape index (κ3) is 5.64. The highest BCUT2D eigenvalue weighted by Gasteiger charge is 2.60. The largest absolute Gasteiger partial charge is 0.434 e. The van der Waals surface area contributed by atoms with Gasteiger partial charge < -0.3 is 14.4 Å². The molecule has 0 radical (unpaired) electrons. The van der Waals surface area contributed by atoms with Crippen molar-refractivity contribution in [1.82, 2.24) is 9.62 Å². The van der Waals surface area contributed by atoms with Crippen molar-refractivity contribution < 1.29 is 49.0 Å². The number of rotatable bonds is 4. The lowest BCUT2D eigenvalue weighted by molar-refractivity contribution is -0.308. The third-order valence-corrected chi connectivity index (χ3v) is 6.87. The Hall–Kier alpha value is -2.06. The van der Waals surface area contributed by atoms with Crippen LogP contribution in [0.15, 0.2) is 35.2 Å². The molecule has 1 aromatic rings. The summed E-state index contributed by atoms with van der Waals surface area (Å²) in [4.78, 5) is 12.7. The van der Waals surface area contributed by atoms with Gasteiger partial charge in [-0.3, -0.25) is 0 Å². The molecule has 1 atom stereocenters. The number of amides is 1. The standard InChI is InChI=1S/C18H20F6N2O5S/c19-17(20,21)14(18(22,23)24)31-15(27)26-8-6-16(7-9-26)10-12(11-30-16)25-32(28,29)13-4-2-1-3-5-13/h1-5,12,14,25H,6-11H2. The molecule has 0 aliphatic carbocycles. The van der Waals surface area contributed by atoms with Gasteiger partial charge in [-0.05, 0) is 31.4 Å². The van der Waals surface area contributed by atoms with Gasteiger partial charge in [0.25, 0.3) is 6.10 Å². The fraction of sp³-hybridized carbons (Fsp3) is 0.611. The highest BCUT2D eigenvalue weighted by molar-refractivity contribution is 7.89. The van der Waals surface area contributed by atoms with Crippen LogP contribution in [0.2, 0.25) is 0 Å². The van der Waals surface area contributed by atoms with Gasteiger partial charge in [0.05, 0.1) is 17.1 Å². The number of carbonyl (C=O) groups is 1. The van der Waals surface area contributed by atoms with Gasteiger partial charge in [0.15, 0.2) is 0 Å². The summed E-state index contributed by atoms with van der Waals surface area (Å²) in [6.45, 7) is -0.348. The minimum atomic E-state index is -5.79. The van der Waals surface area contributed by atoms with E-state index in [9.17, 15) is 39.6 Å². The molecule has 32 heavy (non-hydrogen) atoms. The molecule has 1 N–H and O–H groups in total. The van der Waals surface area contributed by atoms with Gasteiger partial charge in [-0.2, -0.15) is 26.3 Å². The molecule has 2 fully saturated rings. The number of benzene rings is 1. The molecule has 2 heterocycles. The zero-order valence-corrected chi connectivity index (χ0v) is 17.3. The van der Waals surface area contributed by atoms with Crippen LogP contribution in [-0.2, 0) is 19.5 Å². The quantitative estimate of drug-likeness (QED) is 0.656. The first-order valence-electron chi connectivity index (χ1n) is 9.52. The Morgan fingerprint density at radius 2 is 1.66 bits per heavy atom. The third-order valence-electron chi connectivity index (χ3n) is 5.33. The smallest absolute Gasteiger partial charge is 0.426 e. The number of piperidine rings is 1. The average Bonchev–Trinajstić information content (AvgIpc) is 3.06. The number of nitrogens with one attached hydrogen (secondary N) is 1. The van der Waals surface area contributed by atoms with Gasteiger partial charge in [-0.15, -0.1) is 0 Å². The Balaban J connectivity index is 1.56. The summed E-state index contributed by atoms with van der Waals surface area (Å²) in [6, 6.07) is 7.08. The van der Waals surface area contributed by atoms with Gasteiger partial charge in [0.1, 0.15) is 0 Å². The fourth-order valence-electron chi connectivity index (χ4n) is 3.75. The zero-order valence-electron chi connectivity index (χ0n) is 16.4. The van der Waals surface area contributed by atoms with Crippen molar-refractivity contribution in [3.05, 3.63) is 30.3 Å². The number of carbonyl (C=O) groups excluding carboxylic acids is 1. The van der Waals surface area contributed by atoms with E-state index in [1.807, 2.05) is 0 Å². The van der Waals surface area contributed by atoms with Gasteiger partial charge in [-0.1, -0.05) is 18.2 Å². The number of hydrogen-bond acceptors (Lipinski definition) is 5. The van der Waals surface area contributed by atoms with E-state index in [-0.39, 0.29) is 43.9 Å². The van der Waals surface area contributed by atoms with E-state index in [1.54, 1.807) is 18.2 Å². The first-order chi connectivity index (χ1) is 14.7. The molecule has 1 aromatic carbocycles. The molecule has 180 valence electrons. The summed E-state index contributed by atoms with van der Waals surface area (Å²) in [7, 11) is -3.79. The lowest BCUT2D eigenvalue weighted by Crippen LogP contribution is -2.51. The number of sulfonamides is 1. The number of alkyl halides is 6. The second-order valence-corrected chi connectivity index (χ2v) is 9.38. The van der Waals surface area contributed by atoms with Gasteiger partial charge in [0.2, 0.25) is 10.0 Å². The monoisotopic (exact) mass is 490 g/mol. The topological polar surface area (TPSA) is 84.9 Å². The number of hydrogen-bond donors (Lipinski definition) is 1. The van der Waals surface area contributed by atoms with Crippen LogP contribution in [-0.4, -0.2) is 69.2 Å². The Labute approximate surface area is 179 Å². The SMILES string of the molecule is O=C(OC(C(F)(F)F)C(F)(F)F)N1CCC2(CC1)CC(NS(=O)(=O)c1ccccc1)CO2. The van der Waals surface area contributed by atoms with Crippen LogP contribution in [0.3, 0.4) is 0 Å². The van der Waals surface area contributed by atoms with E-state index in [4.69, 9.17) is 4.74 Å². The minimum Gasteiger partial charge on any atom is -0.426 e. The van der Waals surface area contributed by atoms with Crippen molar-refractivity contribution in [2.45, 2.75) is 54.3 Å². The maximum Gasteiger partial charge on any atom is 0.434 e. The predicted octanol–water partition coefficient (Wildman–Crippen LogP) is 3.22. The average molecular weight is 490 g/mol. The summed E-state index contributed by atoms with van der Waals surface area (Å²) in [5.41, 5.74) is -0.839. The lowest BCUT2D eigenvalue weighted by Gasteiger charge is -2.38. The van der Waals surface area contributed by atoms with Crippen molar-refractivity contribution in [3.63, 3.8) is 0 Å². The van der Waals surface area contributed by atoms with Crippen LogP contribution in [0.4, 0.5) is 31.1 Å². The Morgan fingerprint density at radius 3 is 2.19 bits per heavy atom. The second kappa shape index (κ2) is 8.71. The summed E-state index contributed by atoms with van der Waals surface area (Å²) in [5.74, 6) is 0. The molecule has 2 aliphatic heterocycles. The maximum absolute atomic E-state index is 12.6. The molecule has 1 spiro atoms. The van der Waals surface area contributed by atoms with Crippen molar-refractivity contribution in [2.75, 3.05) is 19.7 Å². The Morgan fingerprint density at radius 1 is 1.09 bits per heavy atom. The molecular weight excluding hydrogens is 470 g/mol. The first-order valence-corrected chi connectivity index (χ1v) is 11.0. The Kier molecular flexibility index (Phi) is 6.69. The highest BCUT2D eigenvalue weighted by atomic mass is 32.2. The van der Waals surface area contributed by atoms with Gasteiger partial charge in [0, 0.05) is 19.1 Å². The summed E-state index contributed by atoms with van der Waals surface area (Å²) in [5, 5.41) is 0. The van der Waals surface area contributed by atoms with Crippen LogP contribution in [0.5, 0.6) is 0 Å². The minimum absolute atomic E-state index is 0.0424. The molecule has 7 nitrogen and oxygen atoms in total. The van der Waals surface area contributed by atoms with Crippen LogP contribution in [0.25, 0.3) is 0 Å². The molecule has 0 bridgehead atoms. The molecule has 1 amide bonds.